The Hall–Kier alpha value is -2.57. The third-order valence-corrected chi connectivity index (χ3v) is 4.43. The number of ether oxygens (including phenoxy) is 1. The average Bonchev–Trinajstić information content (AvgIpc) is 3.10. The highest BCUT2D eigenvalue weighted by atomic mass is 32.1. The van der Waals surface area contributed by atoms with Gasteiger partial charge in [0.1, 0.15) is 17.6 Å². The predicted molar refractivity (Wildman–Crippen MR) is 80.0 cm³/mol. The van der Waals surface area contributed by atoms with Crippen LogP contribution in [0.1, 0.15) is 25.9 Å². The Morgan fingerprint density at radius 2 is 2.36 bits per heavy atom. The van der Waals surface area contributed by atoms with E-state index in [0.717, 1.165) is 0 Å². The van der Waals surface area contributed by atoms with Crippen LogP contribution in [-0.4, -0.2) is 20.6 Å². The van der Waals surface area contributed by atoms with Crippen molar-refractivity contribution in [1.82, 2.24) is 14.6 Å². The average molecular weight is 332 g/mol. The third kappa shape index (κ3) is 2.61. The van der Waals surface area contributed by atoms with Gasteiger partial charge in [0.15, 0.2) is 5.01 Å². The van der Waals surface area contributed by atoms with E-state index in [1.54, 1.807) is 18.4 Å². The fraction of sp³-hybridized carbons (Fsp3) is 0.154. The molecule has 3 aromatic heterocycles. The quantitative estimate of drug-likeness (QED) is 0.678. The molecule has 0 unspecified atom stereocenters. The smallest absolute Gasteiger partial charge is 0.340 e. The fourth-order valence-electron chi connectivity index (χ4n) is 1.78. The Morgan fingerprint density at radius 1 is 1.55 bits per heavy atom. The van der Waals surface area contributed by atoms with Crippen molar-refractivity contribution in [3.63, 3.8) is 0 Å². The van der Waals surface area contributed by atoms with Crippen molar-refractivity contribution in [3.8, 4) is 6.07 Å². The van der Waals surface area contributed by atoms with Crippen molar-refractivity contribution in [2.45, 2.75) is 13.5 Å². The van der Waals surface area contributed by atoms with Crippen LogP contribution < -0.4 is 5.56 Å². The first-order chi connectivity index (χ1) is 10.6. The highest BCUT2D eigenvalue weighted by molar-refractivity contribution is 7.16. The highest BCUT2D eigenvalue weighted by Crippen LogP contribution is 2.18. The zero-order valence-electron chi connectivity index (χ0n) is 11.3. The maximum atomic E-state index is 11.9. The van der Waals surface area contributed by atoms with Gasteiger partial charge in [0.05, 0.1) is 5.56 Å². The van der Waals surface area contributed by atoms with Crippen LogP contribution in [0.25, 0.3) is 4.96 Å². The van der Waals surface area contributed by atoms with Gasteiger partial charge in [0, 0.05) is 11.8 Å². The van der Waals surface area contributed by atoms with E-state index in [9.17, 15) is 9.59 Å². The minimum atomic E-state index is -0.589. The van der Waals surface area contributed by atoms with Gasteiger partial charge >= 0.3 is 5.97 Å². The number of aryl methyl sites for hydroxylation is 1. The van der Waals surface area contributed by atoms with Crippen LogP contribution in [-0.2, 0) is 11.3 Å². The van der Waals surface area contributed by atoms with Crippen LogP contribution in [0.3, 0.4) is 0 Å². The lowest BCUT2D eigenvalue weighted by atomic mass is 10.3. The number of carbonyl (C=O) groups is 1. The zero-order valence-corrected chi connectivity index (χ0v) is 12.9. The number of fused-ring (bicyclic) bond motifs is 1. The molecule has 0 atom stereocenters. The van der Waals surface area contributed by atoms with Crippen LogP contribution in [0, 0.1) is 18.3 Å². The Morgan fingerprint density at radius 3 is 3.14 bits per heavy atom. The van der Waals surface area contributed by atoms with Gasteiger partial charge in [-0.25, -0.2) is 9.78 Å². The molecule has 0 saturated heterocycles. The molecular formula is C13H8N4O3S2. The summed E-state index contributed by atoms with van der Waals surface area (Å²) in [5, 5.41) is 15.1. The van der Waals surface area contributed by atoms with Gasteiger partial charge in [0.25, 0.3) is 5.56 Å². The van der Waals surface area contributed by atoms with Crippen LogP contribution >= 0.6 is 22.7 Å². The molecule has 0 fully saturated rings. The summed E-state index contributed by atoms with van der Waals surface area (Å²) in [5.41, 5.74) is 0.565. The molecule has 3 heterocycles. The highest BCUT2D eigenvalue weighted by Gasteiger charge is 2.15. The summed E-state index contributed by atoms with van der Waals surface area (Å²) in [7, 11) is 0. The third-order valence-electron chi connectivity index (χ3n) is 2.73. The summed E-state index contributed by atoms with van der Waals surface area (Å²) in [5.74, 6) is -0.589. The Labute approximate surface area is 132 Å². The molecule has 0 amide bonds. The predicted octanol–water partition coefficient (Wildman–Crippen LogP) is 1.75. The molecule has 0 aliphatic carbocycles. The second kappa shape index (κ2) is 5.67. The minimum absolute atomic E-state index is 0.0773. The fourth-order valence-corrected chi connectivity index (χ4v) is 3.31. The molecule has 0 aliphatic rings. The lowest BCUT2D eigenvalue weighted by Crippen LogP contribution is -2.14. The van der Waals surface area contributed by atoms with Gasteiger partial charge in [-0.1, -0.05) is 11.3 Å². The van der Waals surface area contributed by atoms with E-state index in [1.807, 2.05) is 6.07 Å². The van der Waals surface area contributed by atoms with E-state index in [4.69, 9.17) is 10.00 Å². The number of nitrogens with zero attached hydrogens (tertiary/aromatic N) is 4. The van der Waals surface area contributed by atoms with Crippen molar-refractivity contribution in [3.05, 3.63) is 49.0 Å². The molecule has 9 heteroatoms. The lowest BCUT2D eigenvalue weighted by molar-refractivity contribution is 0.0471. The summed E-state index contributed by atoms with van der Waals surface area (Å²) >= 11 is 2.35. The molecular weight excluding hydrogens is 324 g/mol. The first-order valence-electron chi connectivity index (χ1n) is 6.09. The second-order valence-corrected chi connectivity index (χ2v) is 6.23. The summed E-state index contributed by atoms with van der Waals surface area (Å²) in [6, 6.07) is 4.86. The molecule has 0 N–H and O–H groups in total. The molecule has 7 nitrogen and oxygen atoms in total. The van der Waals surface area contributed by atoms with Crippen molar-refractivity contribution in [2.75, 3.05) is 0 Å². The Kier molecular flexibility index (Phi) is 3.70. The van der Waals surface area contributed by atoms with E-state index in [0.29, 0.717) is 20.5 Å². The molecule has 0 radical (unpaired) electrons. The van der Waals surface area contributed by atoms with Gasteiger partial charge in [-0.2, -0.15) is 14.9 Å². The molecule has 22 heavy (non-hydrogen) atoms. The molecule has 110 valence electrons. The zero-order chi connectivity index (χ0) is 15.7. The maximum Gasteiger partial charge on any atom is 0.340 e. The SMILES string of the molecule is Cc1cc(=O)n2nc(COC(=O)c3ccsc3C#N)sc2n1. The summed E-state index contributed by atoms with van der Waals surface area (Å²) in [6.07, 6.45) is 0. The van der Waals surface area contributed by atoms with Gasteiger partial charge in [-0.3, -0.25) is 4.79 Å². The number of carbonyl (C=O) groups excluding carboxylic acids is 1. The number of hydrogen-bond donors (Lipinski definition) is 0. The van der Waals surface area contributed by atoms with Crippen LogP contribution in [0.5, 0.6) is 0 Å². The van der Waals surface area contributed by atoms with Gasteiger partial charge in [0.2, 0.25) is 4.96 Å². The number of thiophene rings is 1. The molecule has 0 aromatic carbocycles. The number of aromatic nitrogens is 3. The number of nitriles is 1. The summed E-state index contributed by atoms with van der Waals surface area (Å²) in [6.45, 7) is 1.65. The number of esters is 1. The van der Waals surface area contributed by atoms with E-state index in [1.165, 1.54) is 33.3 Å². The first kappa shape index (κ1) is 14.4. The standard InChI is InChI=1S/C13H8N4O3S2/c1-7-4-11(18)17-13(15-7)22-10(16-17)6-20-12(19)8-2-3-21-9(8)5-14/h2-4H,6H2,1H3. The van der Waals surface area contributed by atoms with Gasteiger partial charge in [-0.15, -0.1) is 11.3 Å². The molecule has 0 aliphatic heterocycles. The number of hydrogen-bond acceptors (Lipinski definition) is 8. The molecule has 3 aromatic rings. The lowest BCUT2D eigenvalue weighted by Gasteiger charge is -2.00. The van der Waals surface area contributed by atoms with Crippen LogP contribution in [0.4, 0.5) is 0 Å². The summed E-state index contributed by atoms with van der Waals surface area (Å²) in [4.78, 5) is 28.6. The largest absolute Gasteiger partial charge is 0.455 e. The monoisotopic (exact) mass is 332 g/mol. The van der Waals surface area contributed by atoms with E-state index in [-0.39, 0.29) is 17.7 Å². The normalized spacial score (nSPS) is 10.5. The minimum Gasteiger partial charge on any atom is -0.455 e. The van der Waals surface area contributed by atoms with E-state index >= 15 is 0 Å². The number of rotatable bonds is 3. The maximum absolute atomic E-state index is 11.9. The second-order valence-electron chi connectivity index (χ2n) is 4.28. The molecule has 0 spiro atoms. The van der Waals surface area contributed by atoms with Gasteiger partial charge < -0.3 is 4.74 Å². The van der Waals surface area contributed by atoms with Crippen molar-refractivity contribution in [1.29, 1.82) is 5.26 Å². The molecule has 0 saturated carbocycles. The molecule has 0 bridgehead atoms. The van der Waals surface area contributed by atoms with Gasteiger partial charge in [-0.05, 0) is 18.4 Å². The Balaban J connectivity index is 1.80. The topological polar surface area (TPSA) is 97.4 Å². The first-order valence-corrected chi connectivity index (χ1v) is 7.79. The van der Waals surface area contributed by atoms with E-state index < -0.39 is 5.97 Å². The van der Waals surface area contributed by atoms with Crippen LogP contribution in [0.2, 0.25) is 0 Å². The molecule has 3 rings (SSSR count). The van der Waals surface area contributed by atoms with Crippen LogP contribution in [0.15, 0.2) is 22.3 Å². The summed E-state index contributed by atoms with van der Waals surface area (Å²) < 4.78 is 6.31. The van der Waals surface area contributed by atoms with Crippen molar-refractivity contribution >= 4 is 33.6 Å². The Bertz CT molecular complexity index is 964. The van der Waals surface area contributed by atoms with E-state index in [2.05, 4.69) is 10.1 Å². The van der Waals surface area contributed by atoms with Crippen molar-refractivity contribution < 1.29 is 9.53 Å². The van der Waals surface area contributed by atoms with Crippen molar-refractivity contribution in [2.24, 2.45) is 0 Å².